The number of carbonyl (C=O) groups is 2. The summed E-state index contributed by atoms with van der Waals surface area (Å²) in [4.78, 5) is 22.2. The van der Waals surface area contributed by atoms with E-state index in [2.05, 4.69) is 5.92 Å². The Kier molecular flexibility index (Phi) is 2.86. The van der Waals surface area contributed by atoms with E-state index < -0.39 is 17.2 Å². The molecule has 1 aliphatic carbocycles. The van der Waals surface area contributed by atoms with Crippen molar-refractivity contribution in [2.45, 2.75) is 57.0 Å². The molecule has 0 aromatic heterocycles. The lowest BCUT2D eigenvalue weighted by Crippen LogP contribution is -2.53. The van der Waals surface area contributed by atoms with E-state index in [1.54, 1.807) is 0 Å². The Morgan fingerprint density at radius 1 is 1.39 bits per heavy atom. The fourth-order valence-corrected chi connectivity index (χ4v) is 2.68. The van der Waals surface area contributed by atoms with Gasteiger partial charge in [-0.15, -0.1) is 6.42 Å². The lowest BCUT2D eigenvalue weighted by Gasteiger charge is -2.37. The smallest absolute Gasteiger partial charge is 0.304 e. The van der Waals surface area contributed by atoms with Gasteiger partial charge in [0.05, 0.1) is 6.10 Å². The highest BCUT2D eigenvalue weighted by atomic mass is 16.7. The van der Waals surface area contributed by atoms with Crippen LogP contribution in [0.1, 0.15) is 33.6 Å². The predicted octanol–water partition coefficient (Wildman–Crippen LogP) is 0.804. The first kappa shape index (κ1) is 12.9. The number of ether oxygens (including phenoxy) is 3. The fourth-order valence-electron chi connectivity index (χ4n) is 2.68. The normalized spacial score (nSPS) is 41.2. The summed E-state index contributed by atoms with van der Waals surface area (Å²) >= 11 is 0. The van der Waals surface area contributed by atoms with Crippen molar-refractivity contribution in [2.24, 2.45) is 0 Å². The zero-order chi connectivity index (χ0) is 13.6. The molecule has 0 amide bonds. The first-order valence-electron chi connectivity index (χ1n) is 5.85. The molecule has 0 radical (unpaired) electrons. The number of hydrogen-bond donors (Lipinski definition) is 0. The molecular weight excluding hydrogens is 236 g/mol. The van der Waals surface area contributed by atoms with Crippen molar-refractivity contribution in [1.82, 2.24) is 0 Å². The Morgan fingerprint density at radius 2 is 2.06 bits per heavy atom. The summed E-state index contributed by atoms with van der Waals surface area (Å²) < 4.78 is 16.0. The largest absolute Gasteiger partial charge is 0.462 e. The number of hydrogen-bond acceptors (Lipinski definition) is 5. The molecule has 0 spiro atoms. The first-order chi connectivity index (χ1) is 8.33. The van der Waals surface area contributed by atoms with Crippen LogP contribution in [0.3, 0.4) is 0 Å². The molecule has 1 saturated carbocycles. The second-order valence-corrected chi connectivity index (χ2v) is 4.95. The molecule has 0 bridgehead atoms. The van der Waals surface area contributed by atoms with Crippen LogP contribution in [0, 0.1) is 12.3 Å². The molecular formula is C13H16O5. The van der Waals surface area contributed by atoms with E-state index in [9.17, 15) is 9.59 Å². The van der Waals surface area contributed by atoms with Gasteiger partial charge in [0.1, 0.15) is 11.7 Å². The standard InChI is InChI=1S/C13H16O5/c1-5-13(17-9(3)15)7-10(16-8(2)14)6-11-12(13,4)18-11/h1,10-11H,6-7H2,2-4H3. The summed E-state index contributed by atoms with van der Waals surface area (Å²) in [6.07, 6.45) is 5.88. The van der Waals surface area contributed by atoms with E-state index in [4.69, 9.17) is 20.6 Å². The third-order valence-corrected chi connectivity index (χ3v) is 3.62. The van der Waals surface area contributed by atoms with E-state index >= 15 is 0 Å². The molecule has 98 valence electrons. The zero-order valence-electron chi connectivity index (χ0n) is 10.7. The van der Waals surface area contributed by atoms with Gasteiger partial charge >= 0.3 is 11.9 Å². The van der Waals surface area contributed by atoms with Crippen LogP contribution in [0.25, 0.3) is 0 Å². The van der Waals surface area contributed by atoms with Crippen LogP contribution < -0.4 is 0 Å². The highest BCUT2D eigenvalue weighted by Gasteiger charge is 2.71. The monoisotopic (exact) mass is 252 g/mol. The van der Waals surface area contributed by atoms with Crippen LogP contribution in [-0.4, -0.2) is 35.3 Å². The van der Waals surface area contributed by atoms with Gasteiger partial charge in [-0.05, 0) is 6.92 Å². The molecule has 5 heteroatoms. The predicted molar refractivity (Wildman–Crippen MR) is 61.4 cm³/mol. The van der Waals surface area contributed by atoms with E-state index in [1.807, 2.05) is 6.92 Å². The average molecular weight is 252 g/mol. The van der Waals surface area contributed by atoms with Gasteiger partial charge in [0.15, 0.2) is 0 Å². The highest BCUT2D eigenvalue weighted by molar-refractivity contribution is 5.68. The third-order valence-electron chi connectivity index (χ3n) is 3.62. The molecule has 2 aliphatic rings. The minimum Gasteiger partial charge on any atom is -0.462 e. The zero-order valence-corrected chi connectivity index (χ0v) is 10.7. The summed E-state index contributed by atoms with van der Waals surface area (Å²) in [5.74, 6) is 1.68. The van der Waals surface area contributed by atoms with Gasteiger partial charge in [0, 0.05) is 26.7 Å². The molecule has 2 fully saturated rings. The average Bonchev–Trinajstić information content (AvgIpc) is 2.88. The summed E-state index contributed by atoms with van der Waals surface area (Å²) in [6.45, 7) is 4.46. The van der Waals surface area contributed by atoms with E-state index in [0.717, 1.165) is 0 Å². The van der Waals surface area contributed by atoms with Crippen molar-refractivity contribution in [3.05, 3.63) is 0 Å². The first-order valence-corrected chi connectivity index (χ1v) is 5.85. The van der Waals surface area contributed by atoms with Crippen LogP contribution in [-0.2, 0) is 23.8 Å². The van der Waals surface area contributed by atoms with Crippen LogP contribution in [0.5, 0.6) is 0 Å². The van der Waals surface area contributed by atoms with Gasteiger partial charge < -0.3 is 14.2 Å². The molecule has 4 atom stereocenters. The maximum atomic E-state index is 11.2. The molecule has 5 nitrogen and oxygen atoms in total. The number of epoxide rings is 1. The molecule has 1 aliphatic heterocycles. The topological polar surface area (TPSA) is 65.1 Å². The van der Waals surface area contributed by atoms with E-state index in [1.165, 1.54) is 13.8 Å². The third kappa shape index (κ3) is 1.87. The van der Waals surface area contributed by atoms with E-state index in [0.29, 0.717) is 6.42 Å². The molecule has 18 heavy (non-hydrogen) atoms. The second kappa shape index (κ2) is 3.99. The molecule has 2 rings (SSSR count). The number of fused-ring (bicyclic) bond motifs is 1. The van der Waals surface area contributed by atoms with Gasteiger partial charge in [0.2, 0.25) is 5.60 Å². The van der Waals surface area contributed by atoms with Crippen molar-refractivity contribution < 1.29 is 23.8 Å². The van der Waals surface area contributed by atoms with Crippen LogP contribution >= 0.6 is 0 Å². The molecule has 4 unspecified atom stereocenters. The summed E-state index contributed by atoms with van der Waals surface area (Å²) in [6, 6.07) is 0. The Balaban J connectivity index is 2.23. The summed E-state index contributed by atoms with van der Waals surface area (Å²) in [5, 5.41) is 0. The van der Waals surface area contributed by atoms with Crippen molar-refractivity contribution >= 4 is 11.9 Å². The van der Waals surface area contributed by atoms with E-state index in [-0.39, 0.29) is 24.6 Å². The quantitative estimate of drug-likeness (QED) is 0.413. The number of terminal acetylenes is 1. The van der Waals surface area contributed by atoms with Crippen molar-refractivity contribution in [3.8, 4) is 12.3 Å². The second-order valence-electron chi connectivity index (χ2n) is 4.95. The Hall–Kier alpha value is -1.54. The van der Waals surface area contributed by atoms with Crippen LogP contribution in [0.15, 0.2) is 0 Å². The Morgan fingerprint density at radius 3 is 2.56 bits per heavy atom. The van der Waals surface area contributed by atoms with Crippen molar-refractivity contribution in [3.63, 3.8) is 0 Å². The minimum absolute atomic E-state index is 0.133. The van der Waals surface area contributed by atoms with Crippen LogP contribution in [0.4, 0.5) is 0 Å². The minimum atomic E-state index is -1.15. The van der Waals surface area contributed by atoms with Gasteiger partial charge in [-0.2, -0.15) is 0 Å². The molecule has 0 N–H and O–H groups in total. The van der Waals surface area contributed by atoms with Crippen LogP contribution in [0.2, 0.25) is 0 Å². The summed E-state index contributed by atoms with van der Waals surface area (Å²) in [7, 11) is 0. The fraction of sp³-hybridized carbons (Fsp3) is 0.692. The SMILES string of the molecule is C#CC1(OC(C)=O)CC(OC(C)=O)CC2OC21C. The van der Waals surface area contributed by atoms with Crippen molar-refractivity contribution in [1.29, 1.82) is 0 Å². The van der Waals surface area contributed by atoms with Gasteiger partial charge in [-0.3, -0.25) is 9.59 Å². The van der Waals surface area contributed by atoms with Crippen molar-refractivity contribution in [2.75, 3.05) is 0 Å². The number of rotatable bonds is 2. The van der Waals surface area contributed by atoms with Gasteiger partial charge in [0.25, 0.3) is 0 Å². The summed E-state index contributed by atoms with van der Waals surface area (Å²) in [5.41, 5.74) is -1.81. The van der Waals surface area contributed by atoms with Gasteiger partial charge in [-0.25, -0.2) is 0 Å². The highest BCUT2D eigenvalue weighted by Crippen LogP contribution is 2.55. The number of carbonyl (C=O) groups excluding carboxylic acids is 2. The lowest BCUT2D eigenvalue weighted by atomic mass is 9.75. The lowest BCUT2D eigenvalue weighted by molar-refractivity contribution is -0.165. The molecule has 0 aromatic rings. The molecule has 1 saturated heterocycles. The Bertz CT molecular complexity index is 437. The molecule has 1 heterocycles. The molecule has 0 aromatic carbocycles. The number of esters is 2. The maximum Gasteiger partial charge on any atom is 0.304 e. The van der Waals surface area contributed by atoms with Gasteiger partial charge in [-0.1, -0.05) is 5.92 Å². The Labute approximate surface area is 106 Å². The maximum absolute atomic E-state index is 11.2.